The Morgan fingerprint density at radius 2 is 2.23 bits per heavy atom. The van der Waals surface area contributed by atoms with E-state index in [-0.39, 0.29) is 11.5 Å². The topological polar surface area (TPSA) is 66.9 Å². The van der Waals surface area contributed by atoms with Crippen LogP contribution in [-0.4, -0.2) is 22.0 Å². The lowest BCUT2D eigenvalue weighted by molar-refractivity contribution is 0.0925. The van der Waals surface area contributed by atoms with Crippen LogP contribution < -0.4 is 10.9 Å². The second-order valence-corrected chi connectivity index (χ2v) is 3.12. The minimum Gasteiger partial charge on any atom is -0.349 e. The molecule has 0 unspecified atom stereocenters. The third-order valence-electron chi connectivity index (χ3n) is 1.89. The van der Waals surface area contributed by atoms with E-state index in [4.69, 9.17) is 12.2 Å². The van der Waals surface area contributed by atoms with Gasteiger partial charge in [0.1, 0.15) is 5.69 Å². The van der Waals surface area contributed by atoms with Gasteiger partial charge in [-0.1, -0.05) is 0 Å². The number of aromatic amines is 1. The van der Waals surface area contributed by atoms with E-state index in [1.807, 2.05) is 0 Å². The molecule has 6 heteroatoms. The predicted octanol–water partition coefficient (Wildman–Crippen LogP) is -0.351. The number of aromatic nitrogens is 2. The van der Waals surface area contributed by atoms with Crippen LogP contribution in [0.3, 0.4) is 0 Å². The van der Waals surface area contributed by atoms with E-state index >= 15 is 0 Å². The molecule has 5 nitrogen and oxygen atoms in total. The molecule has 0 aliphatic carbocycles. The maximum atomic E-state index is 11.3. The molecular weight excluding hydrogens is 190 g/mol. The van der Waals surface area contributed by atoms with Gasteiger partial charge in [0.15, 0.2) is 4.77 Å². The maximum Gasteiger partial charge on any atom is 0.268 e. The van der Waals surface area contributed by atoms with Crippen molar-refractivity contribution in [2.75, 3.05) is 6.54 Å². The summed E-state index contributed by atoms with van der Waals surface area (Å²) in [5.74, 6) is -0.247. The molecule has 0 spiro atoms. The number of hydrogen-bond donors (Lipinski definition) is 2. The van der Waals surface area contributed by atoms with Crippen molar-refractivity contribution in [3.8, 4) is 0 Å². The first-order valence-electron chi connectivity index (χ1n) is 3.81. The van der Waals surface area contributed by atoms with Gasteiger partial charge < -0.3 is 9.88 Å². The van der Waals surface area contributed by atoms with E-state index in [0.29, 0.717) is 23.6 Å². The highest BCUT2D eigenvalue weighted by atomic mass is 32.1. The Kier molecular flexibility index (Phi) is 1.77. The first-order valence-corrected chi connectivity index (χ1v) is 4.21. The monoisotopic (exact) mass is 197 g/mol. The molecule has 2 heterocycles. The summed E-state index contributed by atoms with van der Waals surface area (Å²) in [5, 5.41) is 2.63. The molecule has 0 atom stereocenters. The average molecular weight is 197 g/mol. The zero-order valence-electron chi connectivity index (χ0n) is 6.66. The quantitative estimate of drug-likeness (QED) is 0.559. The van der Waals surface area contributed by atoms with Crippen molar-refractivity contribution in [2.45, 2.75) is 6.54 Å². The smallest absolute Gasteiger partial charge is 0.268 e. The molecule has 1 aliphatic heterocycles. The Hall–Kier alpha value is -1.43. The lowest BCUT2D eigenvalue weighted by Crippen LogP contribution is -2.38. The third kappa shape index (κ3) is 1.29. The largest absolute Gasteiger partial charge is 0.349 e. The number of rotatable bonds is 0. The average Bonchev–Trinajstić information content (AvgIpc) is 2.07. The summed E-state index contributed by atoms with van der Waals surface area (Å²) in [4.78, 5) is 24.7. The molecule has 1 amide bonds. The van der Waals surface area contributed by atoms with Gasteiger partial charge in [0.25, 0.3) is 11.5 Å². The Balaban J connectivity index is 2.77. The van der Waals surface area contributed by atoms with Crippen LogP contribution in [0.15, 0.2) is 10.9 Å². The van der Waals surface area contributed by atoms with Gasteiger partial charge in [-0.2, -0.15) is 0 Å². The van der Waals surface area contributed by atoms with Crippen molar-refractivity contribution in [2.24, 2.45) is 0 Å². The summed E-state index contributed by atoms with van der Waals surface area (Å²) in [7, 11) is 0. The van der Waals surface area contributed by atoms with Gasteiger partial charge in [0, 0.05) is 19.2 Å². The zero-order chi connectivity index (χ0) is 9.42. The lowest BCUT2D eigenvalue weighted by atomic mass is 10.3. The Labute approximate surface area is 78.4 Å². The van der Waals surface area contributed by atoms with Gasteiger partial charge in [-0.3, -0.25) is 14.6 Å². The Morgan fingerprint density at radius 3 is 3.00 bits per heavy atom. The summed E-state index contributed by atoms with van der Waals surface area (Å²) in [6, 6.07) is 1.25. The van der Waals surface area contributed by atoms with Gasteiger partial charge in [-0.15, -0.1) is 0 Å². The van der Waals surface area contributed by atoms with Crippen molar-refractivity contribution >= 4 is 18.1 Å². The Morgan fingerprint density at radius 1 is 1.46 bits per heavy atom. The van der Waals surface area contributed by atoms with Crippen LogP contribution in [0.2, 0.25) is 0 Å². The molecule has 0 bridgehead atoms. The normalized spacial score (nSPS) is 14.9. The van der Waals surface area contributed by atoms with E-state index in [1.54, 1.807) is 4.57 Å². The van der Waals surface area contributed by atoms with Crippen molar-refractivity contribution < 1.29 is 4.79 Å². The molecule has 0 saturated heterocycles. The molecule has 2 rings (SSSR count). The molecule has 2 N–H and O–H groups in total. The SMILES string of the molecule is O=C1NCCn2c1cc(=O)[nH]c2=S. The Bertz CT molecular complexity index is 473. The lowest BCUT2D eigenvalue weighted by Gasteiger charge is -2.18. The summed E-state index contributed by atoms with van der Waals surface area (Å²) < 4.78 is 1.92. The van der Waals surface area contributed by atoms with Crippen LogP contribution in [0.5, 0.6) is 0 Å². The van der Waals surface area contributed by atoms with Crippen molar-refractivity contribution in [3.63, 3.8) is 0 Å². The molecular formula is C7H7N3O2S. The van der Waals surface area contributed by atoms with Crippen LogP contribution in [0.4, 0.5) is 0 Å². The van der Waals surface area contributed by atoms with E-state index in [9.17, 15) is 9.59 Å². The highest BCUT2D eigenvalue weighted by Crippen LogP contribution is 2.01. The second-order valence-electron chi connectivity index (χ2n) is 2.73. The standard InChI is InChI=1S/C7H7N3O2S/c11-5-3-4-6(12)8-1-2-10(4)7(13)9-5/h3H,1-2H2,(H,8,12)(H,9,11,13). The van der Waals surface area contributed by atoms with Crippen molar-refractivity contribution in [3.05, 3.63) is 26.9 Å². The number of nitrogens with one attached hydrogen (secondary N) is 2. The summed E-state index contributed by atoms with van der Waals surface area (Å²) in [6.45, 7) is 1.16. The van der Waals surface area contributed by atoms with Gasteiger partial charge in [0.05, 0.1) is 0 Å². The summed E-state index contributed by atoms with van der Waals surface area (Å²) in [6.07, 6.45) is 0. The minimum atomic E-state index is -0.340. The highest BCUT2D eigenvalue weighted by molar-refractivity contribution is 7.71. The number of amides is 1. The number of carbonyl (C=O) groups excluding carboxylic acids is 1. The molecule has 1 aromatic rings. The zero-order valence-corrected chi connectivity index (χ0v) is 7.48. The maximum absolute atomic E-state index is 11.3. The summed E-state index contributed by atoms with van der Waals surface area (Å²) >= 11 is 4.91. The summed E-state index contributed by atoms with van der Waals surface area (Å²) in [5.41, 5.74) is -0.00620. The second kappa shape index (κ2) is 2.81. The highest BCUT2D eigenvalue weighted by Gasteiger charge is 2.16. The first kappa shape index (κ1) is 8.18. The molecule has 1 aromatic heterocycles. The van der Waals surface area contributed by atoms with E-state index in [1.165, 1.54) is 6.07 Å². The number of nitrogens with zero attached hydrogens (tertiary/aromatic N) is 1. The fourth-order valence-corrected chi connectivity index (χ4v) is 1.59. The molecule has 0 radical (unpaired) electrons. The number of fused-ring (bicyclic) bond motifs is 1. The van der Waals surface area contributed by atoms with Crippen molar-refractivity contribution in [1.82, 2.24) is 14.9 Å². The molecule has 13 heavy (non-hydrogen) atoms. The van der Waals surface area contributed by atoms with Crippen molar-refractivity contribution in [1.29, 1.82) is 0 Å². The van der Waals surface area contributed by atoms with Gasteiger partial charge in [-0.25, -0.2) is 0 Å². The fraction of sp³-hybridized carbons (Fsp3) is 0.286. The number of H-pyrrole nitrogens is 1. The molecule has 0 fully saturated rings. The molecule has 0 saturated carbocycles. The molecule has 68 valence electrons. The van der Waals surface area contributed by atoms with Gasteiger partial charge >= 0.3 is 0 Å². The van der Waals surface area contributed by atoms with Crippen LogP contribution >= 0.6 is 12.2 Å². The third-order valence-corrected chi connectivity index (χ3v) is 2.21. The van der Waals surface area contributed by atoms with Crippen LogP contribution in [0.25, 0.3) is 0 Å². The van der Waals surface area contributed by atoms with Crippen LogP contribution in [0.1, 0.15) is 10.5 Å². The minimum absolute atomic E-state index is 0.247. The predicted molar refractivity (Wildman–Crippen MR) is 48.2 cm³/mol. The molecule has 1 aliphatic rings. The van der Waals surface area contributed by atoms with E-state index < -0.39 is 0 Å². The fourth-order valence-electron chi connectivity index (χ4n) is 1.30. The van der Waals surface area contributed by atoms with Gasteiger partial charge in [-0.05, 0) is 12.2 Å². The number of hydrogen-bond acceptors (Lipinski definition) is 3. The first-order chi connectivity index (χ1) is 6.18. The van der Waals surface area contributed by atoms with Gasteiger partial charge in [0.2, 0.25) is 0 Å². The number of carbonyl (C=O) groups is 1. The molecule has 0 aromatic carbocycles. The van der Waals surface area contributed by atoms with Crippen LogP contribution in [-0.2, 0) is 6.54 Å². The van der Waals surface area contributed by atoms with Crippen LogP contribution in [0, 0.1) is 4.77 Å². The van der Waals surface area contributed by atoms with E-state index in [2.05, 4.69) is 10.3 Å². The van der Waals surface area contributed by atoms with E-state index in [0.717, 1.165) is 0 Å².